The summed E-state index contributed by atoms with van der Waals surface area (Å²) in [6.45, 7) is 8.88. The molecule has 4 heteroatoms. The molecule has 0 aromatic rings. The maximum absolute atomic E-state index is 2.46. The second-order valence-electron chi connectivity index (χ2n) is 3.90. The predicted octanol–water partition coefficient (Wildman–Crippen LogP) is 6.50. The number of halogens is 3. The molecule has 0 aromatic carbocycles. The molecule has 0 unspecified atom stereocenters. The molecule has 0 amide bonds. The minimum atomic E-state index is -0.278. The molecular formula is C11H18I3V. The summed E-state index contributed by atoms with van der Waals surface area (Å²) in [6, 6.07) is 0. The molecule has 0 saturated heterocycles. The van der Waals surface area contributed by atoms with Gasteiger partial charge in [0, 0.05) is 0 Å². The molecule has 1 fully saturated rings. The van der Waals surface area contributed by atoms with Gasteiger partial charge in [-0.25, -0.2) is 0 Å². The Labute approximate surface area is 132 Å². The van der Waals surface area contributed by atoms with Crippen LogP contribution in [0.25, 0.3) is 0 Å². The van der Waals surface area contributed by atoms with E-state index < -0.39 is 0 Å². The van der Waals surface area contributed by atoms with Crippen LogP contribution < -0.4 is 0 Å². The molecule has 1 rings (SSSR count). The van der Waals surface area contributed by atoms with Crippen LogP contribution in [0.1, 0.15) is 47.0 Å². The molecule has 1 saturated carbocycles. The van der Waals surface area contributed by atoms with Gasteiger partial charge in [-0.15, -0.1) is 0 Å². The topological polar surface area (TPSA) is 0 Å². The Morgan fingerprint density at radius 2 is 1.40 bits per heavy atom. The van der Waals surface area contributed by atoms with Crippen molar-refractivity contribution in [3.05, 3.63) is 22.3 Å². The summed E-state index contributed by atoms with van der Waals surface area (Å²) in [5.41, 5.74) is 6.20. The molecule has 15 heavy (non-hydrogen) atoms. The van der Waals surface area contributed by atoms with E-state index in [9.17, 15) is 0 Å². The molecule has 88 valence electrons. The second kappa shape index (κ2) is 9.22. The van der Waals surface area contributed by atoms with E-state index in [1.807, 2.05) is 0 Å². The molecule has 0 nitrogen and oxygen atoms in total. The molecule has 0 atom stereocenters. The van der Waals surface area contributed by atoms with Gasteiger partial charge >= 0.3 is 64.9 Å². The third-order valence-corrected chi connectivity index (χ3v) is 2.80. The van der Waals surface area contributed by atoms with E-state index in [1.165, 1.54) is 30.4 Å². The van der Waals surface area contributed by atoms with Crippen molar-refractivity contribution in [2.45, 2.75) is 47.0 Å². The molecule has 0 spiro atoms. The minimum absolute atomic E-state index is 0.278. The van der Waals surface area contributed by atoms with Crippen molar-refractivity contribution in [2.75, 3.05) is 0 Å². The summed E-state index contributed by atoms with van der Waals surface area (Å²) < 4.78 is 0. The third-order valence-electron chi connectivity index (χ3n) is 2.80. The van der Waals surface area contributed by atoms with E-state index in [2.05, 4.69) is 87.6 Å². The van der Waals surface area contributed by atoms with Crippen molar-refractivity contribution in [2.24, 2.45) is 0 Å². The Bertz CT molecular complexity index is 254. The molecule has 0 aliphatic heterocycles. The standard InChI is InChI=1S/C11H18.3HI.V/c1-8(2)9(3)10(4)11-6-5-7-11;;;;/h5-7H2,1-4H3;3*1H;/q;;;;+3/p-3. The Hall–Kier alpha value is 2.25. The summed E-state index contributed by atoms with van der Waals surface area (Å²) in [4.78, 5) is -0.278. The van der Waals surface area contributed by atoms with Crippen molar-refractivity contribution in [1.82, 2.24) is 0 Å². The monoisotopic (exact) mass is 582 g/mol. The number of hydrogen-bond donors (Lipinski definition) is 0. The van der Waals surface area contributed by atoms with E-state index in [1.54, 1.807) is 11.1 Å². The Morgan fingerprint density at radius 1 is 1.00 bits per heavy atom. The molecular weight excluding hydrogens is 564 g/mol. The number of rotatable bonds is 1. The summed E-state index contributed by atoms with van der Waals surface area (Å²) in [7, 11) is 0. The van der Waals surface area contributed by atoms with Crippen LogP contribution in [0.2, 0.25) is 0 Å². The third kappa shape index (κ3) is 8.05. The predicted molar refractivity (Wildman–Crippen MR) is 92.7 cm³/mol. The first-order chi connectivity index (χ1) is 6.86. The van der Waals surface area contributed by atoms with Gasteiger partial charge in [-0.2, -0.15) is 0 Å². The van der Waals surface area contributed by atoms with Gasteiger partial charge in [0.25, 0.3) is 0 Å². The van der Waals surface area contributed by atoms with Crippen LogP contribution in [0, 0.1) is 0 Å². The number of hydrogen-bond acceptors (Lipinski definition) is 0. The van der Waals surface area contributed by atoms with Crippen LogP contribution in [-0.4, -0.2) is 0 Å². The van der Waals surface area contributed by atoms with Crippen LogP contribution >= 0.6 is 59.9 Å². The van der Waals surface area contributed by atoms with Gasteiger partial charge in [-0.1, -0.05) is 11.1 Å². The quantitative estimate of drug-likeness (QED) is 0.310. The first-order valence-electron chi connectivity index (χ1n) is 4.96. The van der Waals surface area contributed by atoms with Crippen LogP contribution in [0.4, 0.5) is 0 Å². The zero-order valence-electron chi connectivity index (χ0n) is 9.70. The van der Waals surface area contributed by atoms with Crippen molar-refractivity contribution in [1.29, 1.82) is 0 Å². The van der Waals surface area contributed by atoms with Gasteiger partial charge < -0.3 is 0 Å². The Kier molecular flexibility index (Phi) is 10.6. The van der Waals surface area contributed by atoms with Crippen molar-refractivity contribution in [3.63, 3.8) is 0 Å². The molecule has 0 bridgehead atoms. The maximum atomic E-state index is 2.46. The van der Waals surface area contributed by atoms with Gasteiger partial charge in [0.15, 0.2) is 0 Å². The SMILES string of the molecule is CC(C)=C(C)C(C)=C1CCC1.[I][V]([I])[I]. The van der Waals surface area contributed by atoms with Crippen LogP contribution in [-0.2, 0) is 4.92 Å². The van der Waals surface area contributed by atoms with Gasteiger partial charge in [-0.05, 0) is 58.1 Å². The molecule has 0 aromatic heterocycles. The average molecular weight is 582 g/mol. The molecule has 1 aliphatic rings. The van der Waals surface area contributed by atoms with Gasteiger partial charge in [-0.3, -0.25) is 0 Å². The Balaban J connectivity index is 0.000000423. The van der Waals surface area contributed by atoms with Crippen molar-refractivity contribution >= 4 is 59.9 Å². The Morgan fingerprint density at radius 3 is 1.60 bits per heavy atom. The average Bonchev–Trinajstić information content (AvgIpc) is 1.98. The second-order valence-corrected chi connectivity index (χ2v) is 39.3. The summed E-state index contributed by atoms with van der Waals surface area (Å²) >= 11 is 7.39. The summed E-state index contributed by atoms with van der Waals surface area (Å²) in [5.74, 6) is 0. The van der Waals surface area contributed by atoms with E-state index >= 15 is 0 Å². The van der Waals surface area contributed by atoms with E-state index in [-0.39, 0.29) is 4.92 Å². The van der Waals surface area contributed by atoms with Gasteiger partial charge in [0.1, 0.15) is 0 Å². The first-order valence-corrected chi connectivity index (χ1v) is 18.5. The van der Waals surface area contributed by atoms with Crippen molar-refractivity contribution < 1.29 is 4.92 Å². The summed E-state index contributed by atoms with van der Waals surface area (Å²) in [6.07, 6.45) is 4.09. The molecule has 0 N–H and O–H groups in total. The van der Waals surface area contributed by atoms with E-state index in [4.69, 9.17) is 0 Å². The van der Waals surface area contributed by atoms with Crippen molar-refractivity contribution in [3.8, 4) is 0 Å². The number of allylic oxidation sites excluding steroid dienone is 4. The normalized spacial score (nSPS) is 14.0. The zero-order valence-corrected chi connectivity index (χ0v) is 17.6. The fourth-order valence-electron chi connectivity index (χ4n) is 1.37. The zero-order chi connectivity index (χ0) is 12.0. The van der Waals surface area contributed by atoms with Crippen LogP contribution in [0.3, 0.4) is 0 Å². The molecule has 0 heterocycles. The van der Waals surface area contributed by atoms with Crippen LogP contribution in [0.5, 0.6) is 0 Å². The van der Waals surface area contributed by atoms with E-state index in [0.717, 1.165) is 0 Å². The molecule has 1 aliphatic carbocycles. The first kappa shape index (κ1) is 17.3. The summed E-state index contributed by atoms with van der Waals surface area (Å²) in [5, 5.41) is 0. The molecule has 0 radical (unpaired) electrons. The van der Waals surface area contributed by atoms with Crippen LogP contribution in [0.15, 0.2) is 22.3 Å². The van der Waals surface area contributed by atoms with Gasteiger partial charge in [0.05, 0.1) is 0 Å². The van der Waals surface area contributed by atoms with E-state index in [0.29, 0.717) is 0 Å². The van der Waals surface area contributed by atoms with Gasteiger partial charge in [0.2, 0.25) is 0 Å². The fourth-order valence-corrected chi connectivity index (χ4v) is 1.37. The fraction of sp³-hybridized carbons (Fsp3) is 0.636.